The first-order chi connectivity index (χ1) is 19.2. The Morgan fingerprint density at radius 2 is 1.49 bits per heavy atom. The third-order valence-electron chi connectivity index (χ3n) is 8.30. The second-order valence-electron chi connectivity index (χ2n) is 11.4. The van der Waals surface area contributed by atoms with Crippen molar-refractivity contribution in [3.05, 3.63) is 53.6 Å². The molecule has 0 bridgehead atoms. The van der Waals surface area contributed by atoms with E-state index < -0.39 is 36.8 Å². The van der Waals surface area contributed by atoms with E-state index in [0.717, 1.165) is 54.7 Å². The Labute approximate surface area is 242 Å². The fourth-order valence-electron chi connectivity index (χ4n) is 5.76. The van der Waals surface area contributed by atoms with Crippen LogP contribution in [0.15, 0.2) is 47.4 Å². The standard InChI is InChI=1S/C31H39F5O4S/c1-29(22-12-14-23(37)15-13-22)20-41-27-19-24(38)16-17-25(27)26(29)11-7-5-3-2-4-6-9-21(28(39)40)10-8-18-30(32,33)31(34,35)36/h12-17,19,21,26,37-38H,2-11,18,20H2,1H3,(H,39,40)/t21-,26-,29-/m1/s1. The van der Waals surface area contributed by atoms with E-state index in [4.69, 9.17) is 0 Å². The van der Waals surface area contributed by atoms with Crippen LogP contribution in [-0.2, 0) is 10.2 Å². The van der Waals surface area contributed by atoms with Crippen LogP contribution in [0.25, 0.3) is 0 Å². The van der Waals surface area contributed by atoms with E-state index in [-0.39, 0.29) is 35.7 Å². The molecule has 0 unspecified atom stereocenters. The van der Waals surface area contributed by atoms with Gasteiger partial charge in [-0.15, -0.1) is 11.8 Å². The highest BCUT2D eigenvalue weighted by atomic mass is 32.2. The average Bonchev–Trinajstić information content (AvgIpc) is 2.89. The molecule has 2 aromatic rings. The first-order valence-corrected chi connectivity index (χ1v) is 15.2. The summed E-state index contributed by atoms with van der Waals surface area (Å²) in [5.74, 6) is -5.33. The summed E-state index contributed by atoms with van der Waals surface area (Å²) in [5.41, 5.74) is 2.21. The molecule has 0 radical (unpaired) electrons. The van der Waals surface area contributed by atoms with Crippen molar-refractivity contribution in [1.29, 1.82) is 0 Å². The molecule has 4 nitrogen and oxygen atoms in total. The van der Waals surface area contributed by atoms with E-state index in [2.05, 4.69) is 6.92 Å². The summed E-state index contributed by atoms with van der Waals surface area (Å²) in [6.07, 6.45) is -1.32. The lowest BCUT2D eigenvalue weighted by Gasteiger charge is -2.43. The number of unbranched alkanes of at least 4 members (excludes halogenated alkanes) is 5. The first-order valence-electron chi connectivity index (χ1n) is 14.2. The van der Waals surface area contributed by atoms with Gasteiger partial charge in [-0.05, 0) is 67.0 Å². The number of aliphatic carboxylic acids is 1. The zero-order chi connectivity index (χ0) is 30.3. The molecule has 0 saturated heterocycles. The number of halogens is 5. The quantitative estimate of drug-likeness (QED) is 0.140. The fourth-order valence-corrected chi connectivity index (χ4v) is 7.16. The van der Waals surface area contributed by atoms with Crippen molar-refractivity contribution in [2.75, 3.05) is 5.75 Å². The van der Waals surface area contributed by atoms with E-state index in [1.165, 1.54) is 5.56 Å². The second-order valence-corrected chi connectivity index (χ2v) is 12.4. The van der Waals surface area contributed by atoms with Crippen LogP contribution in [0.4, 0.5) is 22.0 Å². The molecule has 228 valence electrons. The van der Waals surface area contributed by atoms with Crippen molar-refractivity contribution >= 4 is 17.7 Å². The third-order valence-corrected chi connectivity index (χ3v) is 9.71. The number of benzene rings is 2. The van der Waals surface area contributed by atoms with E-state index in [0.29, 0.717) is 6.42 Å². The molecule has 10 heteroatoms. The van der Waals surface area contributed by atoms with Crippen LogP contribution in [0.1, 0.15) is 94.6 Å². The zero-order valence-electron chi connectivity index (χ0n) is 23.2. The molecule has 0 fully saturated rings. The van der Waals surface area contributed by atoms with Gasteiger partial charge in [0.05, 0.1) is 5.92 Å². The maximum absolute atomic E-state index is 13.1. The lowest BCUT2D eigenvalue weighted by molar-refractivity contribution is -0.284. The number of carboxylic acids is 1. The third kappa shape index (κ3) is 8.75. The highest BCUT2D eigenvalue weighted by Crippen LogP contribution is 2.52. The second kappa shape index (κ2) is 14.1. The largest absolute Gasteiger partial charge is 0.508 e. The van der Waals surface area contributed by atoms with Crippen molar-refractivity contribution in [2.24, 2.45) is 5.92 Å². The number of phenols is 2. The minimum absolute atomic E-state index is 0.155. The Morgan fingerprint density at radius 1 is 0.902 bits per heavy atom. The van der Waals surface area contributed by atoms with Crippen LogP contribution in [0.2, 0.25) is 0 Å². The molecule has 0 aliphatic carbocycles. The summed E-state index contributed by atoms with van der Waals surface area (Å²) in [7, 11) is 0. The molecule has 41 heavy (non-hydrogen) atoms. The Kier molecular flexibility index (Phi) is 11.4. The van der Waals surface area contributed by atoms with Crippen molar-refractivity contribution in [2.45, 2.75) is 106 Å². The maximum Gasteiger partial charge on any atom is 0.453 e. The highest BCUT2D eigenvalue weighted by molar-refractivity contribution is 7.99. The minimum Gasteiger partial charge on any atom is -0.508 e. The molecule has 1 aliphatic rings. The highest BCUT2D eigenvalue weighted by Gasteiger charge is 2.56. The van der Waals surface area contributed by atoms with Crippen LogP contribution < -0.4 is 0 Å². The number of fused-ring (bicyclic) bond motifs is 1. The number of rotatable bonds is 15. The lowest BCUT2D eigenvalue weighted by atomic mass is 9.68. The van der Waals surface area contributed by atoms with Gasteiger partial charge >= 0.3 is 18.1 Å². The molecule has 2 aromatic carbocycles. The first kappa shape index (κ1) is 33.0. The van der Waals surface area contributed by atoms with Gasteiger partial charge < -0.3 is 15.3 Å². The minimum atomic E-state index is -5.61. The normalized spacial score (nSPS) is 20.0. The lowest BCUT2D eigenvalue weighted by Crippen LogP contribution is -2.36. The van der Waals surface area contributed by atoms with Gasteiger partial charge in [-0.3, -0.25) is 4.79 Å². The molecule has 0 spiro atoms. The number of carbonyl (C=O) groups is 1. The predicted molar refractivity (Wildman–Crippen MR) is 150 cm³/mol. The summed E-state index contributed by atoms with van der Waals surface area (Å²) < 4.78 is 63.2. The molecule has 0 aromatic heterocycles. The van der Waals surface area contributed by atoms with Crippen LogP contribution in [0.3, 0.4) is 0 Å². The van der Waals surface area contributed by atoms with E-state index >= 15 is 0 Å². The predicted octanol–water partition coefficient (Wildman–Crippen LogP) is 9.43. The number of carboxylic acid groups (broad SMARTS) is 1. The summed E-state index contributed by atoms with van der Waals surface area (Å²) in [6, 6.07) is 12.9. The number of thioether (sulfide) groups is 1. The zero-order valence-corrected chi connectivity index (χ0v) is 24.0. The van der Waals surface area contributed by atoms with Crippen molar-refractivity contribution in [3.63, 3.8) is 0 Å². The van der Waals surface area contributed by atoms with Gasteiger partial charge in [0.15, 0.2) is 0 Å². The van der Waals surface area contributed by atoms with Gasteiger partial charge in [0, 0.05) is 22.5 Å². The maximum atomic E-state index is 13.1. The van der Waals surface area contributed by atoms with Gasteiger partial charge in [0.25, 0.3) is 0 Å². The van der Waals surface area contributed by atoms with Gasteiger partial charge in [-0.1, -0.05) is 63.6 Å². The number of hydrogen-bond acceptors (Lipinski definition) is 4. The SMILES string of the molecule is C[C@]1(c2ccc(O)cc2)CSc2cc(O)ccc2[C@H]1CCCCCCCC[C@H](CCCC(F)(F)C(F)(F)F)C(=O)O. The fraction of sp³-hybridized carbons (Fsp3) is 0.581. The monoisotopic (exact) mass is 602 g/mol. The Bertz CT molecular complexity index is 1140. The van der Waals surface area contributed by atoms with Crippen molar-refractivity contribution in [3.8, 4) is 11.5 Å². The van der Waals surface area contributed by atoms with Crippen molar-refractivity contribution in [1.82, 2.24) is 0 Å². The molecule has 0 saturated carbocycles. The molecule has 3 rings (SSSR count). The van der Waals surface area contributed by atoms with E-state index in [1.54, 1.807) is 30.0 Å². The van der Waals surface area contributed by atoms with Gasteiger partial charge in [0.2, 0.25) is 0 Å². The number of phenolic OH excluding ortho intramolecular Hbond substituents is 2. The number of alkyl halides is 5. The molecule has 0 amide bonds. The van der Waals surface area contributed by atoms with Gasteiger partial charge in [-0.2, -0.15) is 22.0 Å². The Hall–Kier alpha value is -2.49. The van der Waals surface area contributed by atoms with Crippen molar-refractivity contribution < 1.29 is 42.1 Å². The summed E-state index contributed by atoms with van der Waals surface area (Å²) in [6.45, 7) is 2.25. The smallest absolute Gasteiger partial charge is 0.453 e. The summed E-state index contributed by atoms with van der Waals surface area (Å²) in [4.78, 5) is 12.5. The molecule has 3 N–H and O–H groups in total. The van der Waals surface area contributed by atoms with E-state index in [1.807, 2.05) is 24.3 Å². The van der Waals surface area contributed by atoms with E-state index in [9.17, 15) is 42.1 Å². The van der Waals surface area contributed by atoms with Crippen LogP contribution in [0.5, 0.6) is 11.5 Å². The Balaban J connectivity index is 1.45. The molecular formula is C31H39F5O4S. The number of hydrogen-bond donors (Lipinski definition) is 3. The number of aromatic hydroxyl groups is 2. The van der Waals surface area contributed by atoms with Crippen LogP contribution in [-0.4, -0.2) is 39.1 Å². The average molecular weight is 603 g/mol. The van der Waals surface area contributed by atoms with Gasteiger partial charge in [-0.25, -0.2) is 0 Å². The van der Waals surface area contributed by atoms with Crippen LogP contribution >= 0.6 is 11.8 Å². The Morgan fingerprint density at radius 3 is 2.12 bits per heavy atom. The van der Waals surface area contributed by atoms with Gasteiger partial charge in [0.1, 0.15) is 11.5 Å². The summed E-state index contributed by atoms with van der Waals surface area (Å²) >= 11 is 1.73. The molecular weight excluding hydrogens is 563 g/mol. The van der Waals surface area contributed by atoms with Crippen LogP contribution in [0, 0.1) is 5.92 Å². The molecule has 1 heterocycles. The topological polar surface area (TPSA) is 77.8 Å². The molecule has 1 aliphatic heterocycles. The summed E-state index contributed by atoms with van der Waals surface area (Å²) in [5, 5.41) is 29.1. The molecule has 3 atom stereocenters.